The second-order valence-electron chi connectivity index (χ2n) is 3.42. The first kappa shape index (κ1) is 11.7. The van der Waals surface area contributed by atoms with Crippen LogP contribution in [0.25, 0.3) is 0 Å². The summed E-state index contributed by atoms with van der Waals surface area (Å²) in [6.07, 6.45) is 0. The topological polar surface area (TPSA) is 35.5 Å². The zero-order chi connectivity index (χ0) is 11.3. The number of hydrogen-bond acceptors (Lipinski definition) is 3. The molecule has 0 fully saturated rings. The zero-order valence-corrected chi connectivity index (χ0v) is 9.32. The number of Topliss-reactive ketones (excluding diaryl/α,β-unsaturated/α-hetero) is 1. The predicted molar refractivity (Wildman–Crippen MR) is 58.4 cm³/mol. The highest BCUT2D eigenvalue weighted by molar-refractivity contribution is 6.00. The van der Waals surface area contributed by atoms with Crippen LogP contribution in [0.5, 0.6) is 5.75 Å². The van der Waals surface area contributed by atoms with Gasteiger partial charge in [-0.3, -0.25) is 4.79 Å². The van der Waals surface area contributed by atoms with E-state index in [0.29, 0.717) is 17.9 Å². The third kappa shape index (κ3) is 2.80. The Morgan fingerprint density at radius 2 is 2.00 bits per heavy atom. The number of rotatable bonds is 5. The predicted octanol–water partition coefficient (Wildman–Crippen LogP) is 2.16. The van der Waals surface area contributed by atoms with Crippen LogP contribution < -0.4 is 4.74 Å². The average molecular weight is 208 g/mol. The van der Waals surface area contributed by atoms with E-state index in [4.69, 9.17) is 9.47 Å². The van der Waals surface area contributed by atoms with Crippen molar-refractivity contribution >= 4 is 5.78 Å². The Morgan fingerprint density at radius 3 is 2.60 bits per heavy atom. The summed E-state index contributed by atoms with van der Waals surface area (Å²) in [5.74, 6) is 0.519. The lowest BCUT2D eigenvalue weighted by molar-refractivity contribution is 0.0827. The summed E-state index contributed by atoms with van der Waals surface area (Å²) < 4.78 is 10.1. The average Bonchev–Trinajstić information content (AvgIpc) is 2.28. The number of carbonyl (C=O) groups is 1. The Balaban J connectivity index is 2.90. The third-order valence-electron chi connectivity index (χ3n) is 2.24. The molecule has 1 unspecified atom stereocenters. The van der Waals surface area contributed by atoms with E-state index in [1.165, 1.54) is 0 Å². The third-order valence-corrected chi connectivity index (χ3v) is 2.24. The van der Waals surface area contributed by atoms with Crippen LogP contribution in [0.4, 0.5) is 0 Å². The smallest absolute Gasteiger partial charge is 0.171 e. The van der Waals surface area contributed by atoms with E-state index >= 15 is 0 Å². The van der Waals surface area contributed by atoms with Gasteiger partial charge in [0.25, 0.3) is 0 Å². The molecular formula is C12H16O3. The number of para-hydroxylation sites is 1. The molecule has 1 atom stereocenters. The Labute approximate surface area is 90.0 Å². The molecule has 0 radical (unpaired) electrons. The number of hydrogen-bond donors (Lipinski definition) is 0. The van der Waals surface area contributed by atoms with Gasteiger partial charge in [-0.15, -0.1) is 0 Å². The summed E-state index contributed by atoms with van der Waals surface area (Å²) in [4.78, 5) is 12.0. The van der Waals surface area contributed by atoms with Crippen molar-refractivity contribution in [3.05, 3.63) is 29.8 Å². The van der Waals surface area contributed by atoms with Gasteiger partial charge < -0.3 is 9.47 Å². The second-order valence-corrected chi connectivity index (χ2v) is 3.42. The van der Waals surface area contributed by atoms with E-state index in [9.17, 15) is 4.79 Å². The van der Waals surface area contributed by atoms with Gasteiger partial charge in [0.1, 0.15) is 5.75 Å². The molecule has 1 rings (SSSR count). The first-order chi connectivity index (χ1) is 7.20. The molecule has 0 heterocycles. The molecule has 0 bridgehead atoms. The van der Waals surface area contributed by atoms with Gasteiger partial charge in [0.15, 0.2) is 5.78 Å². The van der Waals surface area contributed by atoms with Gasteiger partial charge >= 0.3 is 0 Å². The summed E-state index contributed by atoms with van der Waals surface area (Å²) in [5, 5.41) is 0. The lowest BCUT2D eigenvalue weighted by Gasteiger charge is -2.11. The SMILES string of the molecule is COCC(C)C(=O)c1ccccc1OC. The van der Waals surface area contributed by atoms with Crippen LogP contribution in [0, 0.1) is 5.92 Å². The van der Waals surface area contributed by atoms with Crippen molar-refractivity contribution in [2.45, 2.75) is 6.92 Å². The van der Waals surface area contributed by atoms with Gasteiger partial charge in [-0.25, -0.2) is 0 Å². The highest BCUT2D eigenvalue weighted by Gasteiger charge is 2.18. The highest BCUT2D eigenvalue weighted by atomic mass is 16.5. The standard InChI is InChI=1S/C12H16O3/c1-9(8-14-2)12(13)10-6-4-5-7-11(10)15-3/h4-7,9H,8H2,1-3H3. The maximum Gasteiger partial charge on any atom is 0.171 e. The molecule has 0 aliphatic heterocycles. The van der Waals surface area contributed by atoms with Crippen LogP contribution in [0.1, 0.15) is 17.3 Å². The summed E-state index contributed by atoms with van der Waals surface area (Å²) >= 11 is 0. The van der Waals surface area contributed by atoms with E-state index in [2.05, 4.69) is 0 Å². The Hall–Kier alpha value is -1.35. The van der Waals surface area contributed by atoms with Crippen LogP contribution in [0.3, 0.4) is 0 Å². The molecular weight excluding hydrogens is 192 g/mol. The highest BCUT2D eigenvalue weighted by Crippen LogP contribution is 2.20. The normalized spacial score (nSPS) is 12.2. The maximum absolute atomic E-state index is 12.0. The van der Waals surface area contributed by atoms with Gasteiger partial charge in [-0.1, -0.05) is 19.1 Å². The fourth-order valence-electron chi connectivity index (χ4n) is 1.44. The molecule has 0 aromatic heterocycles. The number of methoxy groups -OCH3 is 2. The molecule has 0 N–H and O–H groups in total. The van der Waals surface area contributed by atoms with Gasteiger partial charge in [0.2, 0.25) is 0 Å². The maximum atomic E-state index is 12.0. The van der Waals surface area contributed by atoms with Crippen LogP contribution in [-0.4, -0.2) is 26.6 Å². The minimum atomic E-state index is -0.147. The van der Waals surface area contributed by atoms with E-state index in [-0.39, 0.29) is 11.7 Å². The van der Waals surface area contributed by atoms with Crippen molar-refractivity contribution in [2.75, 3.05) is 20.8 Å². The lowest BCUT2D eigenvalue weighted by Crippen LogP contribution is -2.17. The molecule has 3 heteroatoms. The van der Waals surface area contributed by atoms with Gasteiger partial charge in [-0.2, -0.15) is 0 Å². The second kappa shape index (κ2) is 5.51. The summed E-state index contributed by atoms with van der Waals surface area (Å²) in [6.45, 7) is 2.27. The monoisotopic (exact) mass is 208 g/mol. The summed E-state index contributed by atoms with van der Waals surface area (Å²) in [6, 6.07) is 7.23. The van der Waals surface area contributed by atoms with Crippen LogP contribution in [0.15, 0.2) is 24.3 Å². The fourth-order valence-corrected chi connectivity index (χ4v) is 1.44. The van der Waals surface area contributed by atoms with Crippen LogP contribution in [0.2, 0.25) is 0 Å². The molecule has 0 saturated heterocycles. The quantitative estimate of drug-likeness (QED) is 0.695. The summed E-state index contributed by atoms with van der Waals surface area (Å²) in [5.41, 5.74) is 0.615. The van der Waals surface area contributed by atoms with E-state index in [1.54, 1.807) is 26.4 Å². The molecule has 1 aromatic rings. The van der Waals surface area contributed by atoms with Gasteiger partial charge in [0.05, 0.1) is 19.3 Å². The van der Waals surface area contributed by atoms with Crippen molar-refractivity contribution in [2.24, 2.45) is 5.92 Å². The molecule has 1 aromatic carbocycles. The van der Waals surface area contributed by atoms with Crippen molar-refractivity contribution in [1.29, 1.82) is 0 Å². The van der Waals surface area contributed by atoms with E-state index in [0.717, 1.165) is 0 Å². The minimum absolute atomic E-state index is 0.0503. The van der Waals surface area contributed by atoms with Gasteiger partial charge in [-0.05, 0) is 12.1 Å². The minimum Gasteiger partial charge on any atom is -0.496 e. The van der Waals surface area contributed by atoms with E-state index in [1.807, 2.05) is 19.1 Å². The van der Waals surface area contributed by atoms with Crippen LogP contribution >= 0.6 is 0 Å². The first-order valence-electron chi connectivity index (χ1n) is 4.87. The van der Waals surface area contributed by atoms with Crippen LogP contribution in [-0.2, 0) is 4.74 Å². The van der Waals surface area contributed by atoms with Crippen molar-refractivity contribution < 1.29 is 14.3 Å². The van der Waals surface area contributed by atoms with Gasteiger partial charge in [0, 0.05) is 13.0 Å². The largest absolute Gasteiger partial charge is 0.496 e. The molecule has 0 aliphatic rings. The lowest BCUT2D eigenvalue weighted by atomic mass is 9.99. The first-order valence-corrected chi connectivity index (χ1v) is 4.87. The summed E-state index contributed by atoms with van der Waals surface area (Å²) in [7, 11) is 3.15. The zero-order valence-electron chi connectivity index (χ0n) is 9.32. The number of ether oxygens (including phenoxy) is 2. The molecule has 0 aliphatic carbocycles. The number of benzene rings is 1. The number of carbonyl (C=O) groups excluding carboxylic acids is 1. The molecule has 0 amide bonds. The van der Waals surface area contributed by atoms with E-state index < -0.39 is 0 Å². The van der Waals surface area contributed by atoms with Crippen molar-refractivity contribution in [1.82, 2.24) is 0 Å². The Morgan fingerprint density at radius 1 is 1.33 bits per heavy atom. The molecule has 82 valence electrons. The molecule has 0 spiro atoms. The Bertz CT molecular complexity index is 333. The molecule has 15 heavy (non-hydrogen) atoms. The Kier molecular flexibility index (Phi) is 4.31. The number of ketones is 1. The fraction of sp³-hybridized carbons (Fsp3) is 0.417. The molecule has 0 saturated carbocycles. The molecule has 3 nitrogen and oxygen atoms in total. The van der Waals surface area contributed by atoms with Crippen molar-refractivity contribution in [3.63, 3.8) is 0 Å². The van der Waals surface area contributed by atoms with Crippen molar-refractivity contribution in [3.8, 4) is 5.75 Å².